The van der Waals surface area contributed by atoms with Gasteiger partial charge in [-0.15, -0.1) is 10.2 Å². The third kappa shape index (κ3) is 4.31. The predicted molar refractivity (Wildman–Crippen MR) is 139 cm³/mol. The molecular weight excluding hydrogens is 454 g/mol. The first-order chi connectivity index (χ1) is 17.3. The molecule has 35 heavy (non-hydrogen) atoms. The van der Waals surface area contributed by atoms with Crippen molar-refractivity contribution >= 4 is 29.0 Å². The molecule has 3 heterocycles. The summed E-state index contributed by atoms with van der Waals surface area (Å²) in [7, 11) is 0. The lowest BCUT2D eigenvalue weighted by molar-refractivity contribution is -0.116. The van der Waals surface area contributed by atoms with Gasteiger partial charge in [0.1, 0.15) is 0 Å². The SMILES string of the molecule is O=C(CSc1nnc2ccc(-c3ccc(-c4ccccc4)cc3)nn12)N1CCCc2ccccc21. The van der Waals surface area contributed by atoms with Gasteiger partial charge in [0.05, 0.1) is 11.4 Å². The van der Waals surface area contributed by atoms with Crippen LogP contribution in [0.3, 0.4) is 0 Å². The fourth-order valence-electron chi connectivity index (χ4n) is 4.47. The largest absolute Gasteiger partial charge is 0.311 e. The van der Waals surface area contributed by atoms with Crippen molar-refractivity contribution in [2.75, 3.05) is 17.2 Å². The molecule has 0 radical (unpaired) electrons. The van der Waals surface area contributed by atoms with Gasteiger partial charge in [-0.2, -0.15) is 9.61 Å². The van der Waals surface area contributed by atoms with Crippen LogP contribution in [0.1, 0.15) is 12.0 Å². The van der Waals surface area contributed by atoms with Gasteiger partial charge in [-0.05, 0) is 47.7 Å². The standard InChI is InChI=1S/C28H23N5OS/c34-27(32-18-6-10-23-9-4-5-11-25(23)32)19-35-28-30-29-26-17-16-24(31-33(26)28)22-14-12-21(13-15-22)20-7-2-1-3-8-20/h1-5,7-9,11-17H,6,10,18-19H2. The number of hydrogen-bond donors (Lipinski definition) is 0. The topological polar surface area (TPSA) is 63.4 Å². The second-order valence-electron chi connectivity index (χ2n) is 8.48. The van der Waals surface area contributed by atoms with E-state index < -0.39 is 0 Å². The van der Waals surface area contributed by atoms with Gasteiger partial charge < -0.3 is 4.90 Å². The van der Waals surface area contributed by atoms with Crippen LogP contribution in [0.15, 0.2) is 96.2 Å². The summed E-state index contributed by atoms with van der Waals surface area (Å²) in [4.78, 5) is 14.9. The molecule has 0 atom stereocenters. The Kier molecular flexibility index (Phi) is 5.76. The molecule has 2 aromatic heterocycles. The lowest BCUT2D eigenvalue weighted by Gasteiger charge is -2.29. The van der Waals surface area contributed by atoms with Crippen LogP contribution >= 0.6 is 11.8 Å². The summed E-state index contributed by atoms with van der Waals surface area (Å²) >= 11 is 1.37. The number of aromatic nitrogens is 4. The van der Waals surface area contributed by atoms with E-state index in [1.165, 1.54) is 22.9 Å². The lowest BCUT2D eigenvalue weighted by Crippen LogP contribution is -2.36. The van der Waals surface area contributed by atoms with Crippen molar-refractivity contribution in [3.8, 4) is 22.4 Å². The number of thioether (sulfide) groups is 1. The maximum atomic E-state index is 13.1. The van der Waals surface area contributed by atoms with Crippen molar-refractivity contribution in [2.45, 2.75) is 18.0 Å². The van der Waals surface area contributed by atoms with E-state index in [4.69, 9.17) is 5.10 Å². The van der Waals surface area contributed by atoms with Gasteiger partial charge in [0.25, 0.3) is 0 Å². The average molecular weight is 478 g/mol. The molecule has 1 amide bonds. The van der Waals surface area contributed by atoms with E-state index in [-0.39, 0.29) is 11.7 Å². The van der Waals surface area contributed by atoms with Crippen LogP contribution in [0.4, 0.5) is 5.69 Å². The van der Waals surface area contributed by atoms with Crippen LogP contribution in [0, 0.1) is 0 Å². The van der Waals surface area contributed by atoms with E-state index in [0.717, 1.165) is 41.9 Å². The van der Waals surface area contributed by atoms with E-state index >= 15 is 0 Å². The van der Waals surface area contributed by atoms with Crippen LogP contribution in [0.2, 0.25) is 0 Å². The molecule has 7 heteroatoms. The lowest BCUT2D eigenvalue weighted by atomic mass is 10.0. The Labute approximate surface area is 207 Å². The summed E-state index contributed by atoms with van der Waals surface area (Å²) in [6.45, 7) is 0.748. The fourth-order valence-corrected chi connectivity index (χ4v) is 5.24. The van der Waals surface area contributed by atoms with E-state index in [1.54, 1.807) is 4.52 Å². The van der Waals surface area contributed by atoms with E-state index in [1.807, 2.05) is 53.4 Å². The van der Waals surface area contributed by atoms with Crippen LogP contribution < -0.4 is 4.90 Å². The van der Waals surface area contributed by atoms with E-state index in [9.17, 15) is 4.79 Å². The summed E-state index contributed by atoms with van der Waals surface area (Å²) in [5, 5.41) is 13.9. The summed E-state index contributed by atoms with van der Waals surface area (Å²) in [5.41, 5.74) is 7.10. The number of benzene rings is 3. The van der Waals surface area contributed by atoms with Gasteiger partial charge in [0.15, 0.2) is 5.65 Å². The minimum atomic E-state index is 0.0755. The molecule has 3 aromatic carbocycles. The third-order valence-corrected chi connectivity index (χ3v) is 7.16. The maximum absolute atomic E-state index is 13.1. The van der Waals surface area contributed by atoms with E-state index in [0.29, 0.717) is 10.8 Å². The van der Waals surface area contributed by atoms with Crippen molar-refractivity contribution in [1.82, 2.24) is 19.8 Å². The van der Waals surface area contributed by atoms with Crippen molar-refractivity contribution in [1.29, 1.82) is 0 Å². The molecule has 0 fully saturated rings. The first kappa shape index (κ1) is 21.6. The first-order valence-corrected chi connectivity index (χ1v) is 12.6. The molecule has 0 N–H and O–H groups in total. The minimum Gasteiger partial charge on any atom is -0.311 e. The van der Waals surface area contributed by atoms with Gasteiger partial charge >= 0.3 is 0 Å². The quantitative estimate of drug-likeness (QED) is 0.312. The highest BCUT2D eigenvalue weighted by molar-refractivity contribution is 7.99. The molecule has 0 bridgehead atoms. The highest BCUT2D eigenvalue weighted by atomic mass is 32.2. The normalized spacial score (nSPS) is 13.1. The van der Waals surface area contributed by atoms with Crippen molar-refractivity contribution in [3.63, 3.8) is 0 Å². The average Bonchev–Trinajstić information content (AvgIpc) is 3.34. The Morgan fingerprint density at radius 3 is 2.40 bits per heavy atom. The Morgan fingerprint density at radius 1 is 0.800 bits per heavy atom. The summed E-state index contributed by atoms with van der Waals surface area (Å²) in [5.74, 6) is 0.360. The van der Waals surface area contributed by atoms with Gasteiger partial charge in [0.2, 0.25) is 11.1 Å². The second kappa shape index (κ2) is 9.35. The van der Waals surface area contributed by atoms with Gasteiger partial charge in [-0.25, -0.2) is 0 Å². The maximum Gasteiger partial charge on any atom is 0.237 e. The number of hydrogen-bond acceptors (Lipinski definition) is 5. The van der Waals surface area contributed by atoms with Crippen molar-refractivity contribution in [3.05, 3.63) is 96.6 Å². The highest BCUT2D eigenvalue weighted by Gasteiger charge is 2.23. The monoisotopic (exact) mass is 477 g/mol. The van der Waals surface area contributed by atoms with Gasteiger partial charge in [-0.1, -0.05) is 84.6 Å². The van der Waals surface area contributed by atoms with Crippen molar-refractivity contribution in [2.24, 2.45) is 0 Å². The number of aryl methyl sites for hydroxylation is 1. The Bertz CT molecular complexity index is 1500. The second-order valence-corrected chi connectivity index (χ2v) is 9.42. The molecule has 0 unspecified atom stereocenters. The fraction of sp³-hybridized carbons (Fsp3) is 0.143. The molecule has 0 aliphatic carbocycles. The molecule has 5 aromatic rings. The number of nitrogens with zero attached hydrogens (tertiary/aromatic N) is 5. The molecule has 1 aliphatic rings. The summed E-state index contributed by atoms with van der Waals surface area (Å²) < 4.78 is 1.72. The van der Waals surface area contributed by atoms with E-state index in [2.05, 4.69) is 52.7 Å². The van der Waals surface area contributed by atoms with Crippen LogP contribution in [0.5, 0.6) is 0 Å². The highest BCUT2D eigenvalue weighted by Crippen LogP contribution is 2.29. The summed E-state index contributed by atoms with van der Waals surface area (Å²) in [6.07, 6.45) is 2.00. The number of carbonyl (C=O) groups is 1. The first-order valence-electron chi connectivity index (χ1n) is 11.7. The number of amides is 1. The van der Waals surface area contributed by atoms with Crippen molar-refractivity contribution < 1.29 is 4.79 Å². The minimum absolute atomic E-state index is 0.0755. The number of para-hydroxylation sites is 1. The molecule has 0 saturated carbocycles. The molecule has 0 saturated heterocycles. The van der Waals surface area contributed by atoms with Crippen LogP contribution in [0.25, 0.3) is 28.0 Å². The molecule has 1 aliphatic heterocycles. The Morgan fingerprint density at radius 2 is 1.54 bits per heavy atom. The number of carbonyl (C=O) groups excluding carboxylic acids is 1. The van der Waals surface area contributed by atoms with Gasteiger partial charge in [0, 0.05) is 17.8 Å². The third-order valence-electron chi connectivity index (χ3n) is 6.26. The molecular formula is C28H23N5OS. The Hall–Kier alpha value is -3.97. The van der Waals surface area contributed by atoms with Gasteiger partial charge in [-0.3, -0.25) is 4.79 Å². The Balaban J connectivity index is 1.21. The molecule has 6 nitrogen and oxygen atoms in total. The zero-order valence-corrected chi connectivity index (χ0v) is 19.9. The molecule has 172 valence electrons. The predicted octanol–water partition coefficient (Wildman–Crippen LogP) is 5.53. The summed E-state index contributed by atoms with van der Waals surface area (Å²) in [6, 6.07) is 30.7. The zero-order valence-electron chi connectivity index (χ0n) is 19.0. The number of rotatable bonds is 5. The van der Waals surface area contributed by atoms with Crippen LogP contribution in [-0.4, -0.2) is 38.0 Å². The molecule has 6 rings (SSSR count). The zero-order chi connectivity index (χ0) is 23.6. The number of anilines is 1. The smallest absolute Gasteiger partial charge is 0.237 e. The van der Waals surface area contributed by atoms with Crippen LogP contribution in [-0.2, 0) is 11.2 Å². The molecule has 0 spiro atoms. The number of fused-ring (bicyclic) bond motifs is 2.